The van der Waals surface area contributed by atoms with Gasteiger partial charge in [-0.15, -0.1) is 0 Å². The van der Waals surface area contributed by atoms with Crippen LogP contribution in [0.5, 0.6) is 0 Å². The highest BCUT2D eigenvalue weighted by atomic mass is 19.4. The number of ether oxygens (including phenoxy) is 1. The molecule has 1 rings (SSSR count). The molecule has 0 aliphatic carbocycles. The van der Waals surface area contributed by atoms with Crippen LogP contribution in [0.25, 0.3) is 0 Å². The topological polar surface area (TPSA) is 85.2 Å². The molecule has 0 atom stereocenters. The number of carbonyl (C=O) groups excluding carboxylic acids is 1. The molecule has 0 amide bonds. The third-order valence-corrected chi connectivity index (χ3v) is 1.85. The van der Waals surface area contributed by atoms with Crippen molar-refractivity contribution in [3.05, 3.63) is 27.5 Å². The van der Waals surface area contributed by atoms with Crippen molar-refractivity contribution in [1.29, 1.82) is 0 Å². The highest BCUT2D eigenvalue weighted by Crippen LogP contribution is 2.27. The van der Waals surface area contributed by atoms with E-state index in [0.717, 1.165) is 0 Å². The number of H-pyrrole nitrogens is 1. The zero-order valence-corrected chi connectivity index (χ0v) is 10.7. The van der Waals surface area contributed by atoms with Crippen LogP contribution in [0.15, 0.2) is 10.9 Å². The maximum atomic E-state index is 12.3. The normalized spacial score (nSPS) is 10.4. The second kappa shape index (κ2) is 6.81. The Kier molecular flexibility index (Phi) is 6.10. The fourth-order valence-electron chi connectivity index (χ4n) is 1.15. The number of esters is 1. The number of anilines is 1. The molecular formula is C11H15F3N2O3. The van der Waals surface area contributed by atoms with Crippen molar-refractivity contribution in [1.82, 2.24) is 4.98 Å². The quantitative estimate of drug-likeness (QED) is 0.813. The first-order valence-electron chi connectivity index (χ1n) is 5.54. The van der Waals surface area contributed by atoms with Gasteiger partial charge in [0.25, 0.3) is 0 Å². The average Bonchev–Trinajstić information content (AvgIpc) is 2.29. The van der Waals surface area contributed by atoms with Gasteiger partial charge in [-0.25, -0.2) is 4.79 Å². The smallest absolute Gasteiger partial charge is 0.431 e. The van der Waals surface area contributed by atoms with E-state index in [1.54, 1.807) is 4.98 Å². The number of nitrogens with two attached hydrogens (primary N) is 1. The Morgan fingerprint density at radius 2 is 1.95 bits per heavy atom. The predicted octanol–water partition coefficient (Wildman–Crippen LogP) is 2.18. The van der Waals surface area contributed by atoms with E-state index in [1.807, 2.05) is 13.8 Å². The Morgan fingerprint density at radius 3 is 2.32 bits per heavy atom. The molecule has 1 aromatic heterocycles. The largest absolute Gasteiger partial charge is 0.462 e. The number of nitrogen functional groups attached to an aromatic ring is 1. The summed E-state index contributed by atoms with van der Waals surface area (Å²) in [6.07, 6.45) is -4.74. The lowest BCUT2D eigenvalue weighted by molar-refractivity contribution is -0.141. The summed E-state index contributed by atoms with van der Waals surface area (Å²) in [7, 11) is 0. The number of aromatic nitrogens is 1. The zero-order chi connectivity index (χ0) is 15.2. The lowest BCUT2D eigenvalue weighted by atomic mass is 10.2. The predicted molar refractivity (Wildman–Crippen MR) is 63.8 cm³/mol. The molecule has 0 saturated heterocycles. The third-order valence-electron chi connectivity index (χ3n) is 1.85. The fourth-order valence-corrected chi connectivity index (χ4v) is 1.15. The standard InChI is InChI=1S/C9H9F3N2O3.C2H6/c1-2-17-8(16)6-4(15)3-5(9(10,11)12)14-7(6)13;1-2/h3H,2H2,1H3,(H3,13,14,15);1-2H3. The Balaban J connectivity index is 0.00000154. The van der Waals surface area contributed by atoms with E-state index in [-0.39, 0.29) is 12.7 Å². The molecule has 5 nitrogen and oxygen atoms in total. The third kappa shape index (κ3) is 4.31. The van der Waals surface area contributed by atoms with Gasteiger partial charge in [0.2, 0.25) is 0 Å². The minimum absolute atomic E-state index is 0.0151. The SMILES string of the molecule is CC.CCOC(=O)c1c(N)[nH]c(C(F)(F)F)cc1=O. The first-order valence-corrected chi connectivity index (χ1v) is 5.54. The molecule has 0 fully saturated rings. The number of carbonyl (C=O) groups is 1. The summed E-state index contributed by atoms with van der Waals surface area (Å²) >= 11 is 0. The van der Waals surface area contributed by atoms with Crippen molar-refractivity contribution >= 4 is 11.8 Å². The van der Waals surface area contributed by atoms with Crippen molar-refractivity contribution < 1.29 is 22.7 Å². The van der Waals surface area contributed by atoms with E-state index in [1.165, 1.54) is 6.92 Å². The van der Waals surface area contributed by atoms with Gasteiger partial charge in [-0.05, 0) is 6.92 Å². The van der Waals surface area contributed by atoms with Gasteiger partial charge < -0.3 is 15.5 Å². The Hall–Kier alpha value is -1.99. The van der Waals surface area contributed by atoms with Crippen LogP contribution in [-0.2, 0) is 10.9 Å². The van der Waals surface area contributed by atoms with Crippen molar-refractivity contribution in [2.24, 2.45) is 0 Å². The number of halogens is 3. The number of hydrogen-bond acceptors (Lipinski definition) is 4. The molecular weight excluding hydrogens is 265 g/mol. The van der Waals surface area contributed by atoms with Gasteiger partial charge in [-0.1, -0.05) is 13.8 Å². The van der Waals surface area contributed by atoms with Crippen LogP contribution in [0.2, 0.25) is 0 Å². The number of hydrogen-bond donors (Lipinski definition) is 2. The zero-order valence-electron chi connectivity index (χ0n) is 10.7. The van der Waals surface area contributed by atoms with Crippen LogP contribution in [0, 0.1) is 0 Å². The van der Waals surface area contributed by atoms with Crippen LogP contribution in [0.4, 0.5) is 19.0 Å². The first-order chi connectivity index (χ1) is 8.77. The van der Waals surface area contributed by atoms with Gasteiger partial charge in [0.1, 0.15) is 17.1 Å². The first kappa shape index (κ1) is 17.0. The fraction of sp³-hybridized carbons (Fsp3) is 0.455. The van der Waals surface area contributed by atoms with Crippen molar-refractivity contribution in [3.63, 3.8) is 0 Å². The number of alkyl halides is 3. The molecule has 19 heavy (non-hydrogen) atoms. The molecule has 0 aliphatic heterocycles. The molecule has 3 N–H and O–H groups in total. The summed E-state index contributed by atoms with van der Waals surface area (Å²) in [6.45, 7) is 5.48. The van der Waals surface area contributed by atoms with E-state index in [9.17, 15) is 22.8 Å². The van der Waals surface area contributed by atoms with Crippen LogP contribution in [-0.4, -0.2) is 17.6 Å². The van der Waals surface area contributed by atoms with Crippen molar-refractivity contribution in [2.45, 2.75) is 26.9 Å². The average molecular weight is 280 g/mol. The number of nitrogens with one attached hydrogen (secondary N) is 1. The number of rotatable bonds is 2. The summed E-state index contributed by atoms with van der Waals surface area (Å²) in [5.74, 6) is -1.72. The Labute approximate surface area is 107 Å². The molecule has 0 aliphatic rings. The molecule has 0 spiro atoms. The highest BCUT2D eigenvalue weighted by Gasteiger charge is 2.33. The Bertz CT molecular complexity index is 495. The van der Waals surface area contributed by atoms with Gasteiger partial charge in [0.05, 0.1) is 6.61 Å². The van der Waals surface area contributed by atoms with E-state index in [0.29, 0.717) is 0 Å². The summed E-state index contributed by atoms with van der Waals surface area (Å²) < 4.78 is 41.4. The minimum Gasteiger partial charge on any atom is -0.462 e. The van der Waals surface area contributed by atoms with E-state index >= 15 is 0 Å². The highest BCUT2D eigenvalue weighted by molar-refractivity contribution is 5.93. The van der Waals surface area contributed by atoms with E-state index in [2.05, 4.69) is 4.74 Å². The molecule has 8 heteroatoms. The molecule has 108 valence electrons. The summed E-state index contributed by atoms with van der Waals surface area (Å²) in [6, 6.07) is 0.266. The van der Waals surface area contributed by atoms with Gasteiger partial charge in [-0.2, -0.15) is 13.2 Å². The van der Waals surface area contributed by atoms with Gasteiger partial charge in [0, 0.05) is 6.07 Å². The van der Waals surface area contributed by atoms with Crippen LogP contribution >= 0.6 is 0 Å². The second-order valence-electron chi connectivity index (χ2n) is 3.05. The Morgan fingerprint density at radius 1 is 1.42 bits per heavy atom. The van der Waals surface area contributed by atoms with Crippen LogP contribution in [0.1, 0.15) is 36.8 Å². The summed E-state index contributed by atoms with van der Waals surface area (Å²) in [4.78, 5) is 24.3. The monoisotopic (exact) mass is 280 g/mol. The van der Waals surface area contributed by atoms with Crippen molar-refractivity contribution in [2.75, 3.05) is 12.3 Å². The molecule has 0 aromatic carbocycles. The number of pyridine rings is 1. The summed E-state index contributed by atoms with van der Waals surface area (Å²) in [5.41, 5.74) is 2.12. The van der Waals surface area contributed by atoms with Gasteiger partial charge in [0.15, 0.2) is 5.43 Å². The van der Waals surface area contributed by atoms with Crippen LogP contribution in [0.3, 0.4) is 0 Å². The molecule has 0 unspecified atom stereocenters. The molecule has 1 heterocycles. The van der Waals surface area contributed by atoms with E-state index < -0.39 is 34.6 Å². The maximum Gasteiger partial charge on any atom is 0.431 e. The molecule has 0 saturated carbocycles. The van der Waals surface area contributed by atoms with Gasteiger partial charge >= 0.3 is 12.1 Å². The lowest BCUT2D eigenvalue weighted by Crippen LogP contribution is -2.24. The van der Waals surface area contributed by atoms with Crippen LogP contribution < -0.4 is 11.2 Å². The number of aromatic amines is 1. The molecule has 0 bridgehead atoms. The van der Waals surface area contributed by atoms with Gasteiger partial charge in [-0.3, -0.25) is 4.79 Å². The minimum atomic E-state index is -4.74. The maximum absolute atomic E-state index is 12.3. The summed E-state index contributed by atoms with van der Waals surface area (Å²) in [5, 5.41) is 0. The lowest BCUT2D eigenvalue weighted by Gasteiger charge is -2.09. The molecule has 1 aromatic rings. The molecule has 0 radical (unpaired) electrons. The second-order valence-corrected chi connectivity index (χ2v) is 3.05. The van der Waals surface area contributed by atoms with E-state index in [4.69, 9.17) is 5.73 Å². The van der Waals surface area contributed by atoms with Crippen molar-refractivity contribution in [3.8, 4) is 0 Å².